The molecule has 0 spiro atoms. The maximum Gasteiger partial charge on any atom is 0.0593 e. The van der Waals surface area contributed by atoms with Crippen LogP contribution in [0.3, 0.4) is 0 Å². The Morgan fingerprint density at radius 2 is 2.11 bits per heavy atom. The summed E-state index contributed by atoms with van der Waals surface area (Å²) in [6, 6.07) is 9.66. The molecule has 1 fully saturated rings. The van der Waals surface area contributed by atoms with Crippen molar-refractivity contribution in [3.8, 4) is 0 Å². The van der Waals surface area contributed by atoms with Gasteiger partial charge < -0.3 is 10.1 Å². The minimum Gasteiger partial charge on any atom is -0.380 e. The van der Waals surface area contributed by atoms with Crippen LogP contribution in [-0.2, 0) is 17.8 Å². The van der Waals surface area contributed by atoms with Crippen LogP contribution in [0.2, 0.25) is 0 Å². The number of nitrogens with one attached hydrogen (secondary N) is 1. The molecule has 3 nitrogen and oxygen atoms in total. The first-order chi connectivity index (χ1) is 9.28. The fraction of sp³-hybridized carbons (Fsp3) is 0.625. The second-order valence-corrected chi connectivity index (χ2v) is 5.41. The standard InChI is InChI=1S/C16H26N2O/c1-3-19-10-9-18(2)13-15-6-4-5-14(11-15)12-17-16-7-8-16/h4-6,11,16-17H,3,7-10,12-13H2,1-2H3. The van der Waals surface area contributed by atoms with Gasteiger partial charge in [-0.15, -0.1) is 0 Å². The van der Waals surface area contributed by atoms with Crippen molar-refractivity contribution >= 4 is 0 Å². The molecule has 0 unspecified atom stereocenters. The van der Waals surface area contributed by atoms with Gasteiger partial charge in [-0.25, -0.2) is 0 Å². The van der Waals surface area contributed by atoms with Gasteiger partial charge in [0.1, 0.15) is 0 Å². The molecule has 3 heteroatoms. The largest absolute Gasteiger partial charge is 0.380 e. The third-order valence-corrected chi connectivity index (χ3v) is 3.44. The summed E-state index contributed by atoms with van der Waals surface area (Å²) in [6.45, 7) is 6.63. The van der Waals surface area contributed by atoms with Gasteiger partial charge in [0.25, 0.3) is 0 Å². The summed E-state index contributed by atoms with van der Waals surface area (Å²) in [5.74, 6) is 0. The Morgan fingerprint density at radius 1 is 1.32 bits per heavy atom. The van der Waals surface area contributed by atoms with Crippen LogP contribution >= 0.6 is 0 Å². The van der Waals surface area contributed by atoms with Crippen LogP contribution in [0.15, 0.2) is 24.3 Å². The van der Waals surface area contributed by atoms with Crippen molar-refractivity contribution in [2.45, 2.75) is 38.9 Å². The molecule has 2 rings (SSSR count). The number of nitrogens with zero attached hydrogens (tertiary/aromatic N) is 1. The number of ether oxygens (including phenoxy) is 1. The van der Waals surface area contributed by atoms with Crippen LogP contribution in [0.1, 0.15) is 30.9 Å². The third-order valence-electron chi connectivity index (χ3n) is 3.44. The van der Waals surface area contributed by atoms with Gasteiger partial charge in [-0.05, 0) is 37.9 Å². The zero-order valence-electron chi connectivity index (χ0n) is 12.2. The van der Waals surface area contributed by atoms with Crippen molar-refractivity contribution in [1.82, 2.24) is 10.2 Å². The molecule has 106 valence electrons. The van der Waals surface area contributed by atoms with Gasteiger partial charge in [-0.2, -0.15) is 0 Å². The zero-order chi connectivity index (χ0) is 13.5. The molecule has 0 saturated heterocycles. The molecular formula is C16H26N2O. The number of benzene rings is 1. The van der Waals surface area contributed by atoms with Gasteiger partial charge in [-0.3, -0.25) is 4.90 Å². The molecule has 1 saturated carbocycles. The van der Waals surface area contributed by atoms with Crippen molar-refractivity contribution in [1.29, 1.82) is 0 Å². The molecule has 0 heterocycles. The lowest BCUT2D eigenvalue weighted by atomic mass is 10.1. The summed E-state index contributed by atoms with van der Waals surface area (Å²) in [6.07, 6.45) is 2.69. The van der Waals surface area contributed by atoms with Gasteiger partial charge >= 0.3 is 0 Å². The maximum atomic E-state index is 5.39. The van der Waals surface area contributed by atoms with Crippen LogP contribution < -0.4 is 5.32 Å². The van der Waals surface area contributed by atoms with Crippen molar-refractivity contribution < 1.29 is 4.74 Å². The SMILES string of the molecule is CCOCCN(C)Cc1cccc(CNC2CC2)c1. The van der Waals surface area contributed by atoms with Crippen LogP contribution in [0.25, 0.3) is 0 Å². The van der Waals surface area contributed by atoms with Crippen LogP contribution in [0, 0.1) is 0 Å². The van der Waals surface area contributed by atoms with E-state index in [0.29, 0.717) is 0 Å². The Kier molecular flexibility index (Phi) is 5.83. The quantitative estimate of drug-likeness (QED) is 0.692. The fourth-order valence-corrected chi connectivity index (χ4v) is 2.14. The van der Waals surface area contributed by atoms with E-state index in [-0.39, 0.29) is 0 Å². The molecule has 1 aliphatic rings. The molecule has 0 bridgehead atoms. The number of hydrogen-bond acceptors (Lipinski definition) is 3. The van der Waals surface area contributed by atoms with Gasteiger partial charge in [-0.1, -0.05) is 24.3 Å². The summed E-state index contributed by atoms with van der Waals surface area (Å²) in [5, 5.41) is 3.56. The number of rotatable bonds is 9. The fourth-order valence-electron chi connectivity index (χ4n) is 2.14. The maximum absolute atomic E-state index is 5.39. The van der Waals surface area contributed by atoms with E-state index >= 15 is 0 Å². The van der Waals surface area contributed by atoms with Gasteiger partial charge in [0.05, 0.1) is 6.61 Å². The van der Waals surface area contributed by atoms with Gasteiger partial charge in [0, 0.05) is 32.3 Å². The predicted octanol–water partition coefficient (Wildman–Crippen LogP) is 2.41. The van der Waals surface area contributed by atoms with Gasteiger partial charge in [0.2, 0.25) is 0 Å². The molecule has 0 aromatic heterocycles. The minimum absolute atomic E-state index is 0.775. The lowest BCUT2D eigenvalue weighted by Gasteiger charge is -2.17. The number of hydrogen-bond donors (Lipinski definition) is 1. The summed E-state index contributed by atoms with van der Waals surface area (Å²) >= 11 is 0. The summed E-state index contributed by atoms with van der Waals surface area (Å²) in [5.41, 5.74) is 2.77. The highest BCUT2D eigenvalue weighted by molar-refractivity contribution is 5.23. The molecule has 1 N–H and O–H groups in total. The first kappa shape index (κ1) is 14.5. The third kappa shape index (κ3) is 5.72. The predicted molar refractivity (Wildman–Crippen MR) is 79.1 cm³/mol. The van der Waals surface area contributed by atoms with E-state index in [1.807, 2.05) is 6.92 Å². The lowest BCUT2D eigenvalue weighted by molar-refractivity contribution is 0.120. The Hall–Kier alpha value is -0.900. The average Bonchev–Trinajstić information content (AvgIpc) is 3.21. The molecule has 0 radical (unpaired) electrons. The lowest BCUT2D eigenvalue weighted by Crippen LogP contribution is -2.23. The Bertz CT molecular complexity index is 377. The van der Waals surface area contributed by atoms with E-state index in [0.717, 1.165) is 38.9 Å². The smallest absolute Gasteiger partial charge is 0.0593 e. The summed E-state index contributed by atoms with van der Waals surface area (Å²) in [7, 11) is 2.15. The average molecular weight is 262 g/mol. The van der Waals surface area contributed by atoms with Crippen LogP contribution in [-0.4, -0.2) is 37.7 Å². The molecule has 1 aromatic rings. The Labute approximate surface area is 116 Å². The molecule has 19 heavy (non-hydrogen) atoms. The minimum atomic E-state index is 0.775. The Balaban J connectivity index is 1.76. The highest BCUT2D eigenvalue weighted by Crippen LogP contribution is 2.19. The van der Waals surface area contributed by atoms with E-state index in [1.54, 1.807) is 0 Å². The van der Waals surface area contributed by atoms with Crippen molar-refractivity contribution in [3.63, 3.8) is 0 Å². The topological polar surface area (TPSA) is 24.5 Å². The normalized spacial score (nSPS) is 15.1. The highest BCUT2D eigenvalue weighted by Gasteiger charge is 2.19. The zero-order valence-corrected chi connectivity index (χ0v) is 12.2. The molecular weight excluding hydrogens is 236 g/mol. The molecule has 1 aromatic carbocycles. The van der Waals surface area contributed by atoms with Crippen molar-refractivity contribution in [2.24, 2.45) is 0 Å². The van der Waals surface area contributed by atoms with Crippen LogP contribution in [0.5, 0.6) is 0 Å². The summed E-state index contributed by atoms with van der Waals surface area (Å²) in [4.78, 5) is 2.31. The molecule has 0 atom stereocenters. The second-order valence-electron chi connectivity index (χ2n) is 5.41. The van der Waals surface area contributed by atoms with Crippen LogP contribution in [0.4, 0.5) is 0 Å². The summed E-state index contributed by atoms with van der Waals surface area (Å²) < 4.78 is 5.39. The highest BCUT2D eigenvalue weighted by atomic mass is 16.5. The van der Waals surface area contributed by atoms with E-state index in [9.17, 15) is 0 Å². The first-order valence-electron chi connectivity index (χ1n) is 7.35. The van der Waals surface area contributed by atoms with Crippen molar-refractivity contribution in [2.75, 3.05) is 26.8 Å². The molecule has 0 aliphatic heterocycles. The van der Waals surface area contributed by atoms with E-state index in [4.69, 9.17) is 4.74 Å². The molecule has 1 aliphatic carbocycles. The Morgan fingerprint density at radius 3 is 2.84 bits per heavy atom. The van der Waals surface area contributed by atoms with Crippen molar-refractivity contribution in [3.05, 3.63) is 35.4 Å². The number of likely N-dealkylation sites (N-methyl/N-ethyl adjacent to an activating group) is 1. The van der Waals surface area contributed by atoms with E-state index in [2.05, 4.69) is 41.5 Å². The van der Waals surface area contributed by atoms with Gasteiger partial charge in [0.15, 0.2) is 0 Å². The monoisotopic (exact) mass is 262 g/mol. The second kappa shape index (κ2) is 7.63. The molecule has 0 amide bonds. The van der Waals surface area contributed by atoms with E-state index < -0.39 is 0 Å². The van der Waals surface area contributed by atoms with E-state index in [1.165, 1.54) is 24.0 Å². The first-order valence-corrected chi connectivity index (χ1v) is 7.35.